The van der Waals surface area contributed by atoms with E-state index >= 15 is 0 Å². The van der Waals surface area contributed by atoms with Crippen molar-refractivity contribution in [1.29, 1.82) is 0 Å². The van der Waals surface area contributed by atoms with Crippen LogP contribution < -0.4 is 5.73 Å². The van der Waals surface area contributed by atoms with Crippen molar-refractivity contribution in [3.05, 3.63) is 12.2 Å². The fourth-order valence-electron chi connectivity index (χ4n) is 2.28. The molecule has 2 aromatic rings. The molecule has 0 aliphatic heterocycles. The van der Waals surface area contributed by atoms with E-state index in [0.717, 1.165) is 0 Å². The number of thioether (sulfide) groups is 1. The van der Waals surface area contributed by atoms with Crippen molar-refractivity contribution < 1.29 is 15.3 Å². The van der Waals surface area contributed by atoms with Crippen molar-refractivity contribution in [1.82, 2.24) is 19.5 Å². The molecule has 9 heteroatoms. The molecule has 2 heterocycles. The molecule has 5 N–H and O–H groups in total. The molecule has 0 aliphatic rings. The normalized spacial score (nSPS) is 17.4. The Morgan fingerprint density at radius 2 is 1.95 bits per heavy atom. The van der Waals surface area contributed by atoms with Gasteiger partial charge in [-0.2, -0.15) is 11.8 Å². The van der Waals surface area contributed by atoms with Crippen LogP contribution in [-0.2, 0) is 0 Å². The van der Waals surface area contributed by atoms with Gasteiger partial charge < -0.3 is 21.1 Å². The van der Waals surface area contributed by atoms with Gasteiger partial charge >= 0.3 is 0 Å². The largest absolute Gasteiger partial charge is 0.390 e. The Hall–Kier alpha value is -1.42. The molecule has 0 bridgehead atoms. The molecule has 122 valence electrons. The number of imidazole rings is 1. The second kappa shape index (κ2) is 6.78. The maximum absolute atomic E-state index is 10.4. The summed E-state index contributed by atoms with van der Waals surface area (Å²) in [5, 5.41) is 30.7. The fourth-order valence-corrected chi connectivity index (χ4v) is 3.01. The third-order valence-corrected chi connectivity index (χ3v) is 4.37. The van der Waals surface area contributed by atoms with Crippen LogP contribution in [0.15, 0.2) is 6.33 Å². The highest BCUT2D eigenvalue weighted by molar-refractivity contribution is 7.98. The molecule has 0 saturated carbocycles. The number of nitrogens with zero attached hydrogens (tertiary/aromatic N) is 4. The Labute approximate surface area is 132 Å². The number of hydrogen-bond acceptors (Lipinski definition) is 8. The van der Waals surface area contributed by atoms with Crippen molar-refractivity contribution >= 4 is 28.7 Å². The molecule has 2 rings (SSSR count). The van der Waals surface area contributed by atoms with Gasteiger partial charge in [0.15, 0.2) is 17.7 Å². The molecule has 0 saturated heterocycles. The monoisotopic (exact) mass is 327 g/mol. The number of aliphatic hydroxyl groups excluding tert-OH is 3. The van der Waals surface area contributed by atoms with Gasteiger partial charge in [0.25, 0.3) is 0 Å². The molecule has 8 nitrogen and oxygen atoms in total. The summed E-state index contributed by atoms with van der Waals surface area (Å²) in [6, 6.07) is 0. The average Bonchev–Trinajstić information content (AvgIpc) is 2.89. The van der Waals surface area contributed by atoms with Gasteiger partial charge in [0, 0.05) is 0 Å². The number of anilines is 1. The smallest absolute Gasteiger partial charge is 0.167 e. The molecular formula is C13H21N5O3S. The zero-order valence-corrected chi connectivity index (χ0v) is 13.5. The highest BCUT2D eigenvalue weighted by Crippen LogP contribution is 2.24. The van der Waals surface area contributed by atoms with E-state index < -0.39 is 18.4 Å². The van der Waals surface area contributed by atoms with Gasteiger partial charge in [-0.1, -0.05) is 6.92 Å². The topological polar surface area (TPSA) is 130 Å². The third-order valence-electron chi connectivity index (χ3n) is 3.51. The quantitative estimate of drug-likeness (QED) is 0.580. The molecule has 0 radical (unpaired) electrons. The Balaban J connectivity index is 2.31. The second-order valence-electron chi connectivity index (χ2n) is 5.31. The number of hydrogen-bond donors (Lipinski definition) is 4. The van der Waals surface area contributed by atoms with E-state index in [0.29, 0.717) is 22.7 Å². The Morgan fingerprint density at radius 1 is 1.27 bits per heavy atom. The number of aliphatic hydroxyl groups is 3. The highest BCUT2D eigenvalue weighted by atomic mass is 32.2. The van der Waals surface area contributed by atoms with Crippen molar-refractivity contribution in [2.24, 2.45) is 5.92 Å². The van der Waals surface area contributed by atoms with Crippen LogP contribution in [0.4, 0.5) is 5.82 Å². The lowest BCUT2D eigenvalue weighted by Crippen LogP contribution is -2.39. The SMILES string of the molecule is CSC[C@@H](C)C(O)C(O)[C@@H](O)n1cnc2c(N)nc(C)nc21. The van der Waals surface area contributed by atoms with E-state index in [1.54, 1.807) is 18.7 Å². The summed E-state index contributed by atoms with van der Waals surface area (Å²) in [5.41, 5.74) is 6.44. The van der Waals surface area contributed by atoms with Crippen molar-refractivity contribution in [2.75, 3.05) is 17.7 Å². The van der Waals surface area contributed by atoms with Crippen LogP contribution in [0, 0.1) is 12.8 Å². The third kappa shape index (κ3) is 3.17. The van der Waals surface area contributed by atoms with Gasteiger partial charge in [-0.15, -0.1) is 0 Å². The van der Waals surface area contributed by atoms with E-state index in [1.807, 2.05) is 13.2 Å². The molecule has 0 aromatic carbocycles. The lowest BCUT2D eigenvalue weighted by atomic mass is 10.0. The van der Waals surface area contributed by atoms with Crippen LogP contribution in [0.25, 0.3) is 11.2 Å². The van der Waals surface area contributed by atoms with Crippen LogP contribution in [0.2, 0.25) is 0 Å². The summed E-state index contributed by atoms with van der Waals surface area (Å²) in [7, 11) is 0. The van der Waals surface area contributed by atoms with Crippen LogP contribution in [-0.4, -0.2) is 59.1 Å². The maximum atomic E-state index is 10.4. The van der Waals surface area contributed by atoms with E-state index in [-0.39, 0.29) is 11.7 Å². The minimum absolute atomic E-state index is 0.170. The summed E-state index contributed by atoms with van der Waals surface area (Å²) in [5.74, 6) is 1.14. The molecule has 4 atom stereocenters. The summed E-state index contributed by atoms with van der Waals surface area (Å²) in [6.45, 7) is 3.48. The van der Waals surface area contributed by atoms with Crippen LogP contribution in [0.1, 0.15) is 19.0 Å². The van der Waals surface area contributed by atoms with E-state index in [2.05, 4.69) is 15.0 Å². The molecule has 0 amide bonds. The predicted molar refractivity (Wildman–Crippen MR) is 85.3 cm³/mol. The zero-order chi connectivity index (χ0) is 16.4. The first kappa shape index (κ1) is 16.9. The van der Waals surface area contributed by atoms with Crippen molar-refractivity contribution in [3.8, 4) is 0 Å². The lowest BCUT2D eigenvalue weighted by molar-refractivity contribution is -0.102. The van der Waals surface area contributed by atoms with Gasteiger partial charge in [-0.05, 0) is 24.9 Å². The molecule has 22 heavy (non-hydrogen) atoms. The molecule has 0 fully saturated rings. The Bertz CT molecular complexity index is 650. The Morgan fingerprint density at radius 3 is 2.59 bits per heavy atom. The maximum Gasteiger partial charge on any atom is 0.167 e. The van der Waals surface area contributed by atoms with E-state index in [1.165, 1.54) is 10.9 Å². The van der Waals surface area contributed by atoms with E-state index in [4.69, 9.17) is 5.73 Å². The predicted octanol–water partition coefficient (Wildman–Crippen LogP) is -0.0713. The average molecular weight is 327 g/mol. The summed E-state index contributed by atoms with van der Waals surface area (Å²) in [6.07, 6.45) is -0.568. The first-order valence-corrected chi connectivity index (χ1v) is 8.26. The van der Waals surface area contributed by atoms with Crippen LogP contribution in [0.3, 0.4) is 0 Å². The van der Waals surface area contributed by atoms with Crippen LogP contribution in [0.5, 0.6) is 0 Å². The van der Waals surface area contributed by atoms with Crippen molar-refractivity contribution in [2.45, 2.75) is 32.3 Å². The van der Waals surface area contributed by atoms with Gasteiger partial charge in [0.2, 0.25) is 0 Å². The number of aryl methyl sites for hydroxylation is 1. The van der Waals surface area contributed by atoms with Gasteiger partial charge in [-0.25, -0.2) is 15.0 Å². The minimum Gasteiger partial charge on any atom is -0.390 e. The van der Waals surface area contributed by atoms with Gasteiger partial charge in [0.1, 0.15) is 17.4 Å². The van der Waals surface area contributed by atoms with E-state index in [9.17, 15) is 15.3 Å². The second-order valence-corrected chi connectivity index (χ2v) is 6.22. The summed E-state index contributed by atoms with van der Waals surface area (Å²) in [4.78, 5) is 12.3. The molecule has 0 aliphatic carbocycles. The number of nitrogen functional groups attached to an aromatic ring is 1. The summed E-state index contributed by atoms with van der Waals surface area (Å²) < 4.78 is 1.29. The minimum atomic E-state index is -1.38. The first-order valence-electron chi connectivity index (χ1n) is 6.86. The summed E-state index contributed by atoms with van der Waals surface area (Å²) >= 11 is 1.56. The molecular weight excluding hydrogens is 306 g/mol. The number of aromatic nitrogens is 4. The molecule has 2 unspecified atom stereocenters. The fraction of sp³-hybridized carbons (Fsp3) is 0.615. The molecule has 2 aromatic heterocycles. The number of fused-ring (bicyclic) bond motifs is 1. The highest BCUT2D eigenvalue weighted by Gasteiger charge is 2.31. The zero-order valence-electron chi connectivity index (χ0n) is 12.7. The standard InChI is InChI=1S/C13H21N5O3S/c1-6(4-22-3)9(19)10(20)13(21)18-5-15-8-11(14)16-7(2)17-12(8)18/h5-6,9-10,13,19-21H,4H2,1-3H3,(H2,14,16,17)/t6-,9?,10?,13-/m1/s1. The number of nitrogens with two attached hydrogens (primary N) is 1. The van der Waals surface area contributed by atoms with Crippen molar-refractivity contribution in [3.63, 3.8) is 0 Å². The van der Waals surface area contributed by atoms with Gasteiger partial charge in [0.05, 0.1) is 12.4 Å². The first-order chi connectivity index (χ1) is 10.4. The number of rotatable bonds is 6. The Kier molecular flexibility index (Phi) is 5.22. The lowest BCUT2D eigenvalue weighted by Gasteiger charge is -2.27. The van der Waals surface area contributed by atoms with Gasteiger partial charge in [-0.3, -0.25) is 4.57 Å². The molecule has 0 spiro atoms. The van der Waals surface area contributed by atoms with Crippen LogP contribution >= 0.6 is 11.8 Å².